The molecule has 0 amide bonds. The third kappa shape index (κ3) is 2.52. The summed E-state index contributed by atoms with van der Waals surface area (Å²) in [6, 6.07) is 0.182. The van der Waals surface area contributed by atoms with Crippen molar-refractivity contribution in [3.8, 4) is 0 Å². The fourth-order valence-corrected chi connectivity index (χ4v) is 2.79. The van der Waals surface area contributed by atoms with Gasteiger partial charge in [0.1, 0.15) is 0 Å². The highest BCUT2D eigenvalue weighted by Crippen LogP contribution is 2.33. The van der Waals surface area contributed by atoms with E-state index in [1.54, 1.807) is 0 Å². The highest BCUT2D eigenvalue weighted by atomic mass is 16.5. The van der Waals surface area contributed by atoms with Crippen molar-refractivity contribution in [1.82, 2.24) is 0 Å². The number of ether oxygens (including phenoxy) is 2. The van der Waals surface area contributed by atoms with E-state index in [2.05, 4.69) is 6.92 Å². The van der Waals surface area contributed by atoms with E-state index in [1.165, 1.54) is 12.8 Å². The van der Waals surface area contributed by atoms with Gasteiger partial charge in [0.15, 0.2) is 0 Å². The van der Waals surface area contributed by atoms with E-state index in [0.29, 0.717) is 5.92 Å². The van der Waals surface area contributed by atoms with Crippen LogP contribution in [0.2, 0.25) is 0 Å². The van der Waals surface area contributed by atoms with Gasteiger partial charge in [-0.25, -0.2) is 0 Å². The van der Waals surface area contributed by atoms with Gasteiger partial charge in [0.2, 0.25) is 0 Å². The van der Waals surface area contributed by atoms with Gasteiger partial charge in [-0.15, -0.1) is 0 Å². The first-order chi connectivity index (χ1) is 7.22. The number of nitrogens with two attached hydrogens (primary N) is 1. The van der Waals surface area contributed by atoms with E-state index in [1.807, 2.05) is 0 Å². The summed E-state index contributed by atoms with van der Waals surface area (Å²) in [4.78, 5) is 0. The standard InChI is InChI=1S/C12H23NO2/c1-12(6-2-3-7-15-12)11(13)10-4-8-14-9-5-10/h10-11H,2-9,13H2,1H3. The second-order valence-corrected chi connectivity index (χ2v) is 5.09. The molecular weight excluding hydrogens is 190 g/mol. The molecular formula is C12H23NO2. The van der Waals surface area contributed by atoms with Gasteiger partial charge >= 0.3 is 0 Å². The summed E-state index contributed by atoms with van der Waals surface area (Å²) in [5.74, 6) is 0.585. The van der Waals surface area contributed by atoms with Crippen molar-refractivity contribution >= 4 is 0 Å². The largest absolute Gasteiger partial charge is 0.381 e. The van der Waals surface area contributed by atoms with Gasteiger partial charge in [0.25, 0.3) is 0 Å². The van der Waals surface area contributed by atoms with Crippen LogP contribution in [0, 0.1) is 5.92 Å². The Balaban J connectivity index is 1.94. The van der Waals surface area contributed by atoms with Crippen LogP contribution >= 0.6 is 0 Å². The highest BCUT2D eigenvalue weighted by Gasteiger charge is 2.39. The van der Waals surface area contributed by atoms with Crippen molar-refractivity contribution in [2.45, 2.75) is 50.7 Å². The lowest BCUT2D eigenvalue weighted by molar-refractivity contribution is -0.100. The Hall–Kier alpha value is -0.120. The molecule has 2 rings (SSSR count). The van der Waals surface area contributed by atoms with Crippen molar-refractivity contribution in [1.29, 1.82) is 0 Å². The lowest BCUT2D eigenvalue weighted by Crippen LogP contribution is -2.54. The molecule has 2 heterocycles. The molecule has 3 nitrogen and oxygen atoms in total. The first-order valence-corrected chi connectivity index (χ1v) is 6.20. The lowest BCUT2D eigenvalue weighted by Gasteiger charge is -2.43. The quantitative estimate of drug-likeness (QED) is 0.759. The van der Waals surface area contributed by atoms with E-state index in [4.69, 9.17) is 15.2 Å². The maximum atomic E-state index is 6.38. The molecule has 0 spiro atoms. The summed E-state index contributed by atoms with van der Waals surface area (Å²) in [6.07, 6.45) is 5.76. The van der Waals surface area contributed by atoms with Gasteiger partial charge in [-0.3, -0.25) is 0 Å². The monoisotopic (exact) mass is 213 g/mol. The minimum atomic E-state index is -0.0831. The fraction of sp³-hybridized carbons (Fsp3) is 1.00. The van der Waals surface area contributed by atoms with Gasteiger partial charge < -0.3 is 15.2 Å². The van der Waals surface area contributed by atoms with Crippen LogP contribution < -0.4 is 5.73 Å². The molecule has 2 N–H and O–H groups in total. The zero-order valence-corrected chi connectivity index (χ0v) is 9.71. The van der Waals surface area contributed by atoms with Crippen molar-refractivity contribution in [2.75, 3.05) is 19.8 Å². The molecule has 0 aromatic heterocycles. The predicted octanol–water partition coefficient (Wildman–Crippen LogP) is 1.70. The minimum Gasteiger partial charge on any atom is -0.381 e. The topological polar surface area (TPSA) is 44.5 Å². The maximum Gasteiger partial charge on any atom is 0.0807 e. The van der Waals surface area contributed by atoms with E-state index in [0.717, 1.165) is 39.1 Å². The van der Waals surface area contributed by atoms with Crippen molar-refractivity contribution < 1.29 is 9.47 Å². The summed E-state index contributed by atoms with van der Waals surface area (Å²) in [7, 11) is 0. The van der Waals surface area contributed by atoms with Crippen LogP contribution in [-0.2, 0) is 9.47 Å². The van der Waals surface area contributed by atoms with Crippen molar-refractivity contribution in [3.05, 3.63) is 0 Å². The van der Waals surface area contributed by atoms with Crippen LogP contribution in [0.4, 0.5) is 0 Å². The Morgan fingerprint density at radius 1 is 1.20 bits per heavy atom. The Morgan fingerprint density at radius 2 is 1.93 bits per heavy atom. The van der Waals surface area contributed by atoms with Crippen LogP contribution in [-0.4, -0.2) is 31.5 Å². The molecule has 0 aromatic rings. The Morgan fingerprint density at radius 3 is 2.53 bits per heavy atom. The van der Waals surface area contributed by atoms with Crippen LogP contribution in [0.3, 0.4) is 0 Å². The van der Waals surface area contributed by atoms with Gasteiger partial charge in [0.05, 0.1) is 5.60 Å². The fourth-order valence-electron chi connectivity index (χ4n) is 2.79. The lowest BCUT2D eigenvalue weighted by atomic mass is 9.78. The average molecular weight is 213 g/mol. The van der Waals surface area contributed by atoms with Gasteiger partial charge in [0, 0.05) is 25.9 Å². The third-order valence-corrected chi connectivity index (χ3v) is 3.98. The summed E-state index contributed by atoms with van der Waals surface area (Å²) in [6.45, 7) is 4.81. The van der Waals surface area contributed by atoms with E-state index >= 15 is 0 Å². The van der Waals surface area contributed by atoms with E-state index in [9.17, 15) is 0 Å². The molecule has 2 unspecified atom stereocenters. The van der Waals surface area contributed by atoms with Crippen LogP contribution in [0.25, 0.3) is 0 Å². The molecule has 3 heteroatoms. The Labute approximate surface area is 92.3 Å². The second-order valence-electron chi connectivity index (χ2n) is 5.09. The van der Waals surface area contributed by atoms with Crippen molar-refractivity contribution in [2.24, 2.45) is 11.7 Å². The molecule has 0 aromatic carbocycles. The summed E-state index contributed by atoms with van der Waals surface area (Å²) in [5.41, 5.74) is 6.29. The predicted molar refractivity (Wildman–Crippen MR) is 59.7 cm³/mol. The molecule has 2 atom stereocenters. The number of hydrogen-bond donors (Lipinski definition) is 1. The molecule has 2 fully saturated rings. The molecule has 2 saturated heterocycles. The van der Waals surface area contributed by atoms with Gasteiger partial charge in [-0.2, -0.15) is 0 Å². The zero-order valence-electron chi connectivity index (χ0n) is 9.71. The molecule has 0 radical (unpaired) electrons. The van der Waals surface area contributed by atoms with Crippen LogP contribution in [0.5, 0.6) is 0 Å². The van der Waals surface area contributed by atoms with Crippen molar-refractivity contribution in [3.63, 3.8) is 0 Å². The normalized spacial score (nSPS) is 36.4. The highest BCUT2D eigenvalue weighted by molar-refractivity contribution is 4.93. The molecule has 15 heavy (non-hydrogen) atoms. The van der Waals surface area contributed by atoms with E-state index in [-0.39, 0.29) is 11.6 Å². The SMILES string of the molecule is CC1(C(N)C2CCOCC2)CCCCO1. The molecule has 2 aliphatic rings. The molecule has 2 aliphatic heterocycles. The summed E-state index contributed by atoms with van der Waals surface area (Å²) in [5, 5.41) is 0. The molecule has 0 saturated carbocycles. The van der Waals surface area contributed by atoms with Gasteiger partial charge in [-0.05, 0) is 44.9 Å². The molecule has 0 aliphatic carbocycles. The number of rotatable bonds is 2. The van der Waals surface area contributed by atoms with Crippen LogP contribution in [0.15, 0.2) is 0 Å². The second kappa shape index (κ2) is 4.81. The smallest absolute Gasteiger partial charge is 0.0807 e. The molecule has 88 valence electrons. The third-order valence-electron chi connectivity index (χ3n) is 3.98. The summed E-state index contributed by atoms with van der Waals surface area (Å²) < 4.78 is 11.3. The first kappa shape index (κ1) is 11.4. The Bertz CT molecular complexity index is 196. The maximum absolute atomic E-state index is 6.38. The summed E-state index contributed by atoms with van der Waals surface area (Å²) >= 11 is 0. The number of hydrogen-bond acceptors (Lipinski definition) is 3. The van der Waals surface area contributed by atoms with Gasteiger partial charge in [-0.1, -0.05) is 0 Å². The van der Waals surface area contributed by atoms with Crippen LogP contribution in [0.1, 0.15) is 39.0 Å². The zero-order chi connectivity index (χ0) is 10.7. The minimum absolute atomic E-state index is 0.0831. The average Bonchev–Trinajstić information content (AvgIpc) is 2.30. The first-order valence-electron chi connectivity index (χ1n) is 6.20. The Kier molecular flexibility index (Phi) is 3.65. The molecule has 0 bridgehead atoms. The van der Waals surface area contributed by atoms with E-state index < -0.39 is 0 Å².